The zero-order chi connectivity index (χ0) is 13.5. The number of rotatable bonds is 6. The quantitative estimate of drug-likeness (QED) is 0.780. The molecule has 18 heavy (non-hydrogen) atoms. The molecule has 4 nitrogen and oxygen atoms in total. The third-order valence-corrected chi connectivity index (χ3v) is 2.86. The SMILES string of the molecule is CNC(=O)CCCOc1ccc([C@H](C)N)cc1Cl. The number of hydrogen-bond acceptors (Lipinski definition) is 3. The van der Waals surface area contributed by atoms with Crippen molar-refractivity contribution < 1.29 is 9.53 Å². The van der Waals surface area contributed by atoms with Crippen LogP contribution in [0.3, 0.4) is 0 Å². The minimum absolute atomic E-state index is 0.0111. The topological polar surface area (TPSA) is 64.3 Å². The van der Waals surface area contributed by atoms with Crippen LogP contribution in [0.5, 0.6) is 5.75 Å². The number of hydrogen-bond donors (Lipinski definition) is 2. The summed E-state index contributed by atoms with van der Waals surface area (Å²) in [7, 11) is 1.62. The number of amides is 1. The molecule has 0 aliphatic heterocycles. The Labute approximate surface area is 112 Å². The fourth-order valence-electron chi connectivity index (χ4n) is 1.46. The van der Waals surface area contributed by atoms with Crippen LogP contribution in [-0.4, -0.2) is 19.6 Å². The molecule has 0 aromatic heterocycles. The molecular formula is C13H19ClN2O2. The Hall–Kier alpha value is -1.26. The van der Waals surface area contributed by atoms with E-state index in [0.717, 1.165) is 5.56 Å². The van der Waals surface area contributed by atoms with E-state index in [-0.39, 0.29) is 11.9 Å². The highest BCUT2D eigenvalue weighted by atomic mass is 35.5. The fraction of sp³-hybridized carbons (Fsp3) is 0.462. The van der Waals surface area contributed by atoms with Gasteiger partial charge in [0.05, 0.1) is 11.6 Å². The van der Waals surface area contributed by atoms with Crippen molar-refractivity contribution in [3.8, 4) is 5.75 Å². The van der Waals surface area contributed by atoms with E-state index in [2.05, 4.69) is 5.32 Å². The molecular weight excluding hydrogens is 252 g/mol. The second-order valence-corrected chi connectivity index (χ2v) is 4.51. The molecule has 0 aliphatic rings. The minimum Gasteiger partial charge on any atom is -0.492 e. The molecule has 1 amide bonds. The zero-order valence-corrected chi connectivity index (χ0v) is 11.5. The van der Waals surface area contributed by atoms with Crippen LogP contribution in [-0.2, 0) is 4.79 Å². The third kappa shape index (κ3) is 4.55. The van der Waals surface area contributed by atoms with Crippen molar-refractivity contribution in [1.82, 2.24) is 5.32 Å². The maximum atomic E-state index is 11.0. The lowest BCUT2D eigenvalue weighted by atomic mass is 10.1. The molecule has 1 aromatic carbocycles. The van der Waals surface area contributed by atoms with Gasteiger partial charge < -0.3 is 15.8 Å². The molecule has 0 fully saturated rings. The van der Waals surface area contributed by atoms with Gasteiger partial charge in [0, 0.05) is 19.5 Å². The summed E-state index contributed by atoms with van der Waals surface area (Å²) in [6, 6.07) is 5.45. The van der Waals surface area contributed by atoms with Crippen molar-refractivity contribution in [3.63, 3.8) is 0 Å². The maximum Gasteiger partial charge on any atom is 0.219 e. The predicted molar refractivity (Wildman–Crippen MR) is 72.9 cm³/mol. The van der Waals surface area contributed by atoms with Gasteiger partial charge in [-0.15, -0.1) is 0 Å². The van der Waals surface area contributed by atoms with Gasteiger partial charge >= 0.3 is 0 Å². The van der Waals surface area contributed by atoms with Crippen molar-refractivity contribution in [1.29, 1.82) is 0 Å². The number of halogens is 1. The van der Waals surface area contributed by atoms with Gasteiger partial charge in [-0.2, -0.15) is 0 Å². The molecule has 0 bridgehead atoms. The zero-order valence-electron chi connectivity index (χ0n) is 10.7. The monoisotopic (exact) mass is 270 g/mol. The molecule has 0 unspecified atom stereocenters. The predicted octanol–water partition coefficient (Wildman–Crippen LogP) is 2.26. The van der Waals surface area contributed by atoms with E-state index >= 15 is 0 Å². The highest BCUT2D eigenvalue weighted by Crippen LogP contribution is 2.27. The van der Waals surface area contributed by atoms with Crippen molar-refractivity contribution in [2.45, 2.75) is 25.8 Å². The Kier molecular flexibility index (Phi) is 5.95. The first kappa shape index (κ1) is 14.8. The summed E-state index contributed by atoms with van der Waals surface area (Å²) in [5, 5.41) is 3.11. The van der Waals surface area contributed by atoms with E-state index in [0.29, 0.717) is 30.2 Å². The number of carbonyl (C=O) groups excluding carboxylic acids is 1. The average Bonchev–Trinajstić information content (AvgIpc) is 2.35. The summed E-state index contributed by atoms with van der Waals surface area (Å²) in [4.78, 5) is 11.0. The summed E-state index contributed by atoms with van der Waals surface area (Å²) in [5.41, 5.74) is 6.73. The Morgan fingerprint density at radius 2 is 2.28 bits per heavy atom. The van der Waals surface area contributed by atoms with Crippen LogP contribution in [0.15, 0.2) is 18.2 Å². The van der Waals surface area contributed by atoms with Crippen molar-refractivity contribution in [3.05, 3.63) is 28.8 Å². The smallest absolute Gasteiger partial charge is 0.219 e. The molecule has 0 radical (unpaired) electrons. The molecule has 1 aromatic rings. The molecule has 0 heterocycles. The van der Waals surface area contributed by atoms with E-state index in [9.17, 15) is 4.79 Å². The van der Waals surface area contributed by atoms with Gasteiger partial charge in [0.15, 0.2) is 0 Å². The number of nitrogens with one attached hydrogen (secondary N) is 1. The van der Waals surface area contributed by atoms with Gasteiger partial charge in [0.1, 0.15) is 5.75 Å². The van der Waals surface area contributed by atoms with Crippen LogP contribution in [0.4, 0.5) is 0 Å². The van der Waals surface area contributed by atoms with E-state index in [4.69, 9.17) is 22.1 Å². The minimum atomic E-state index is -0.0511. The lowest BCUT2D eigenvalue weighted by molar-refractivity contribution is -0.120. The maximum absolute atomic E-state index is 11.0. The molecule has 1 atom stereocenters. The summed E-state index contributed by atoms with van der Waals surface area (Å²) in [6.07, 6.45) is 1.11. The van der Waals surface area contributed by atoms with Crippen LogP contribution < -0.4 is 15.8 Å². The Morgan fingerprint density at radius 1 is 1.56 bits per heavy atom. The third-order valence-electron chi connectivity index (χ3n) is 2.57. The van der Waals surface area contributed by atoms with Gasteiger partial charge in [-0.1, -0.05) is 17.7 Å². The molecule has 5 heteroatoms. The molecule has 1 rings (SSSR count). The normalized spacial score (nSPS) is 12.0. The van der Waals surface area contributed by atoms with Crippen LogP contribution >= 0.6 is 11.6 Å². The van der Waals surface area contributed by atoms with E-state index in [1.165, 1.54) is 0 Å². The van der Waals surface area contributed by atoms with Crippen LogP contribution in [0, 0.1) is 0 Å². The van der Waals surface area contributed by atoms with E-state index in [1.54, 1.807) is 19.2 Å². The van der Waals surface area contributed by atoms with Crippen LogP contribution in [0.25, 0.3) is 0 Å². The van der Waals surface area contributed by atoms with Gasteiger partial charge in [-0.25, -0.2) is 0 Å². The largest absolute Gasteiger partial charge is 0.492 e. The molecule has 0 saturated heterocycles. The Bertz CT molecular complexity index is 408. The lowest BCUT2D eigenvalue weighted by Gasteiger charge is -2.11. The molecule has 0 spiro atoms. The lowest BCUT2D eigenvalue weighted by Crippen LogP contribution is -2.18. The summed E-state index contributed by atoms with van der Waals surface area (Å²) >= 11 is 6.08. The number of carbonyl (C=O) groups is 1. The van der Waals surface area contributed by atoms with Gasteiger partial charge in [-0.05, 0) is 31.0 Å². The second kappa shape index (κ2) is 7.24. The molecule has 0 saturated carbocycles. The van der Waals surface area contributed by atoms with E-state index in [1.807, 2.05) is 13.0 Å². The van der Waals surface area contributed by atoms with Crippen LogP contribution in [0.1, 0.15) is 31.4 Å². The molecule has 100 valence electrons. The Morgan fingerprint density at radius 3 is 2.83 bits per heavy atom. The van der Waals surface area contributed by atoms with Gasteiger partial charge in [-0.3, -0.25) is 4.79 Å². The van der Waals surface area contributed by atoms with Crippen molar-refractivity contribution >= 4 is 17.5 Å². The summed E-state index contributed by atoms with van der Waals surface area (Å²) < 4.78 is 5.51. The number of benzene rings is 1. The van der Waals surface area contributed by atoms with Gasteiger partial charge in [0.25, 0.3) is 0 Å². The summed E-state index contributed by atoms with van der Waals surface area (Å²) in [6.45, 7) is 2.36. The summed E-state index contributed by atoms with van der Waals surface area (Å²) in [5.74, 6) is 0.634. The van der Waals surface area contributed by atoms with Crippen molar-refractivity contribution in [2.24, 2.45) is 5.73 Å². The fourth-order valence-corrected chi connectivity index (χ4v) is 1.70. The average molecular weight is 271 g/mol. The number of nitrogens with two attached hydrogens (primary N) is 1. The standard InChI is InChI=1S/C13H19ClN2O2/c1-9(15)10-5-6-12(11(14)8-10)18-7-3-4-13(17)16-2/h5-6,8-9H,3-4,7,15H2,1-2H3,(H,16,17)/t9-/m0/s1. The first-order valence-corrected chi connectivity index (χ1v) is 6.30. The number of ether oxygens (including phenoxy) is 1. The second-order valence-electron chi connectivity index (χ2n) is 4.10. The Balaban J connectivity index is 2.45. The van der Waals surface area contributed by atoms with Gasteiger partial charge in [0.2, 0.25) is 5.91 Å². The molecule has 0 aliphatic carbocycles. The first-order valence-electron chi connectivity index (χ1n) is 5.93. The first-order chi connectivity index (χ1) is 8.54. The molecule has 3 N–H and O–H groups in total. The van der Waals surface area contributed by atoms with Crippen LogP contribution in [0.2, 0.25) is 5.02 Å². The highest BCUT2D eigenvalue weighted by molar-refractivity contribution is 6.32. The van der Waals surface area contributed by atoms with E-state index < -0.39 is 0 Å². The van der Waals surface area contributed by atoms with Crippen molar-refractivity contribution in [2.75, 3.05) is 13.7 Å². The highest BCUT2D eigenvalue weighted by Gasteiger charge is 2.06.